The van der Waals surface area contributed by atoms with E-state index in [9.17, 15) is 0 Å². The van der Waals surface area contributed by atoms with Gasteiger partial charge in [0, 0.05) is 44.1 Å². The van der Waals surface area contributed by atoms with E-state index in [4.69, 9.17) is 4.98 Å². The van der Waals surface area contributed by atoms with E-state index in [1.54, 1.807) is 0 Å². The first-order chi connectivity index (χ1) is 12.0. The Hall–Kier alpha value is -2.34. The highest BCUT2D eigenvalue weighted by Crippen LogP contribution is 2.28. The third-order valence-electron chi connectivity index (χ3n) is 5.03. The number of nitrogens with zero attached hydrogens (tertiary/aromatic N) is 5. The number of nitrogens with one attached hydrogen (secondary N) is 1. The molecule has 25 heavy (non-hydrogen) atoms. The van der Waals surface area contributed by atoms with Gasteiger partial charge in [-0.3, -0.25) is 4.68 Å². The molecule has 6 nitrogen and oxygen atoms in total. The Bertz CT molecular complexity index is 883. The van der Waals surface area contributed by atoms with Crippen LogP contribution < -0.4 is 4.90 Å². The number of fused-ring (bicyclic) bond motifs is 1. The highest BCUT2D eigenvalue weighted by molar-refractivity contribution is 5.85. The number of aryl methyl sites for hydroxylation is 1. The molecule has 0 spiro atoms. The van der Waals surface area contributed by atoms with Crippen molar-refractivity contribution < 1.29 is 0 Å². The summed E-state index contributed by atoms with van der Waals surface area (Å²) in [5.74, 6) is 0.889. The van der Waals surface area contributed by atoms with Gasteiger partial charge in [-0.15, -0.1) is 0 Å². The number of piperazine rings is 1. The van der Waals surface area contributed by atoms with Gasteiger partial charge in [0.05, 0.1) is 22.8 Å². The lowest BCUT2D eigenvalue weighted by atomic mass is 10.1. The van der Waals surface area contributed by atoms with Crippen molar-refractivity contribution in [3.63, 3.8) is 0 Å². The number of hydrogen-bond acceptors (Lipinski definition) is 4. The van der Waals surface area contributed by atoms with E-state index in [2.05, 4.69) is 66.0 Å². The maximum Gasteiger partial charge on any atom is 0.141 e. The van der Waals surface area contributed by atoms with E-state index in [1.807, 2.05) is 10.9 Å². The maximum absolute atomic E-state index is 4.82. The van der Waals surface area contributed by atoms with Crippen LogP contribution in [0.4, 0.5) is 5.69 Å². The highest BCUT2D eigenvalue weighted by Gasteiger charge is 2.17. The fourth-order valence-electron chi connectivity index (χ4n) is 3.40. The first-order valence-electron chi connectivity index (χ1n) is 8.99. The zero-order chi connectivity index (χ0) is 17.6. The minimum absolute atomic E-state index is 0.351. The SMILES string of the molecule is Cc1cc(N2CCN(C)CC2)cc2[nH]c(-c3cnn(C(C)C)c3)nc12. The van der Waals surface area contributed by atoms with Crippen LogP contribution in [0.2, 0.25) is 0 Å². The Morgan fingerprint density at radius 2 is 1.88 bits per heavy atom. The van der Waals surface area contributed by atoms with Crippen LogP contribution in [0.25, 0.3) is 22.4 Å². The first kappa shape index (κ1) is 16.1. The van der Waals surface area contributed by atoms with Gasteiger partial charge in [-0.2, -0.15) is 5.10 Å². The molecule has 0 unspecified atom stereocenters. The number of benzene rings is 1. The van der Waals surface area contributed by atoms with E-state index < -0.39 is 0 Å². The molecule has 0 aliphatic carbocycles. The second-order valence-corrected chi connectivity index (χ2v) is 7.34. The van der Waals surface area contributed by atoms with E-state index in [1.165, 1.54) is 11.3 Å². The number of imidazole rings is 1. The van der Waals surface area contributed by atoms with Gasteiger partial charge >= 0.3 is 0 Å². The van der Waals surface area contributed by atoms with E-state index in [0.717, 1.165) is 48.6 Å². The Morgan fingerprint density at radius 1 is 1.12 bits per heavy atom. The van der Waals surface area contributed by atoms with Crippen LogP contribution in [0, 0.1) is 6.92 Å². The maximum atomic E-state index is 4.82. The van der Waals surface area contributed by atoms with Gasteiger partial charge in [0.2, 0.25) is 0 Å². The summed E-state index contributed by atoms with van der Waals surface area (Å²) in [5, 5.41) is 4.43. The van der Waals surface area contributed by atoms with Crippen LogP contribution in [0.3, 0.4) is 0 Å². The lowest BCUT2D eigenvalue weighted by Crippen LogP contribution is -2.44. The van der Waals surface area contributed by atoms with Crippen molar-refractivity contribution in [2.45, 2.75) is 26.8 Å². The number of likely N-dealkylation sites (N-methyl/N-ethyl adjacent to an activating group) is 1. The largest absolute Gasteiger partial charge is 0.369 e. The topological polar surface area (TPSA) is 53.0 Å². The number of aromatic nitrogens is 4. The normalized spacial score (nSPS) is 16.3. The molecule has 0 radical (unpaired) electrons. The summed E-state index contributed by atoms with van der Waals surface area (Å²) in [6, 6.07) is 4.84. The van der Waals surface area contributed by atoms with Crippen LogP contribution in [-0.4, -0.2) is 57.9 Å². The van der Waals surface area contributed by atoms with E-state index in [-0.39, 0.29) is 0 Å². The standard InChI is InChI=1S/C19H26N6/c1-13(2)25-12-15(11-20-25)19-21-17-10-16(9-14(3)18(17)22-19)24-7-5-23(4)6-8-24/h9-13H,5-8H2,1-4H3,(H,21,22). The molecule has 1 N–H and O–H groups in total. The zero-order valence-corrected chi connectivity index (χ0v) is 15.5. The molecule has 3 heterocycles. The van der Waals surface area contributed by atoms with Crippen molar-refractivity contribution >= 4 is 16.7 Å². The predicted molar refractivity (Wildman–Crippen MR) is 102 cm³/mol. The summed E-state index contributed by atoms with van der Waals surface area (Å²) in [6.07, 6.45) is 3.94. The van der Waals surface area contributed by atoms with Crippen molar-refractivity contribution in [2.24, 2.45) is 0 Å². The number of aromatic amines is 1. The van der Waals surface area contributed by atoms with Crippen molar-refractivity contribution in [3.8, 4) is 11.4 Å². The van der Waals surface area contributed by atoms with Crippen molar-refractivity contribution in [2.75, 3.05) is 38.1 Å². The molecule has 6 heteroatoms. The summed E-state index contributed by atoms with van der Waals surface area (Å²) >= 11 is 0. The van der Waals surface area contributed by atoms with Gasteiger partial charge < -0.3 is 14.8 Å². The second-order valence-electron chi connectivity index (χ2n) is 7.34. The Morgan fingerprint density at radius 3 is 2.56 bits per heavy atom. The summed E-state index contributed by atoms with van der Waals surface area (Å²) < 4.78 is 1.96. The van der Waals surface area contributed by atoms with Crippen molar-refractivity contribution in [1.29, 1.82) is 0 Å². The molecular weight excluding hydrogens is 312 g/mol. The van der Waals surface area contributed by atoms with Crippen molar-refractivity contribution in [1.82, 2.24) is 24.6 Å². The average molecular weight is 338 g/mol. The van der Waals surface area contributed by atoms with Crippen LogP contribution in [-0.2, 0) is 0 Å². The van der Waals surface area contributed by atoms with Crippen LogP contribution in [0.15, 0.2) is 24.5 Å². The number of anilines is 1. The van der Waals surface area contributed by atoms with Crippen molar-refractivity contribution in [3.05, 3.63) is 30.1 Å². The van der Waals surface area contributed by atoms with E-state index >= 15 is 0 Å². The predicted octanol–water partition coefficient (Wildman–Crippen LogP) is 3.07. The average Bonchev–Trinajstić information content (AvgIpc) is 3.22. The van der Waals surface area contributed by atoms with Gasteiger partial charge in [-0.1, -0.05) is 0 Å². The summed E-state index contributed by atoms with van der Waals surface area (Å²) in [7, 11) is 2.18. The molecule has 0 atom stereocenters. The number of H-pyrrole nitrogens is 1. The van der Waals surface area contributed by atoms with Gasteiger partial charge in [0.25, 0.3) is 0 Å². The van der Waals surface area contributed by atoms with Gasteiger partial charge in [0.15, 0.2) is 0 Å². The summed E-state index contributed by atoms with van der Waals surface area (Å²) in [4.78, 5) is 13.1. The lowest BCUT2D eigenvalue weighted by molar-refractivity contribution is 0.313. The third kappa shape index (κ3) is 3.02. The fraction of sp³-hybridized carbons (Fsp3) is 0.474. The molecule has 1 aliphatic heterocycles. The molecule has 0 bridgehead atoms. The smallest absolute Gasteiger partial charge is 0.141 e. The molecule has 1 aliphatic rings. The third-order valence-corrected chi connectivity index (χ3v) is 5.03. The van der Waals surface area contributed by atoms with Gasteiger partial charge in [-0.25, -0.2) is 4.98 Å². The number of rotatable bonds is 3. The molecule has 1 aromatic carbocycles. The Kier molecular flexibility index (Phi) is 4.00. The molecule has 2 aromatic heterocycles. The van der Waals surface area contributed by atoms with E-state index in [0.29, 0.717) is 6.04 Å². The number of hydrogen-bond donors (Lipinski definition) is 1. The molecule has 4 rings (SSSR count). The monoisotopic (exact) mass is 338 g/mol. The fourth-order valence-corrected chi connectivity index (χ4v) is 3.40. The lowest BCUT2D eigenvalue weighted by Gasteiger charge is -2.34. The zero-order valence-electron chi connectivity index (χ0n) is 15.5. The molecule has 1 fully saturated rings. The molecule has 0 saturated carbocycles. The molecule has 1 saturated heterocycles. The van der Waals surface area contributed by atoms with Crippen LogP contribution >= 0.6 is 0 Å². The molecular formula is C19H26N6. The Balaban J connectivity index is 1.69. The second kappa shape index (κ2) is 6.19. The highest BCUT2D eigenvalue weighted by atomic mass is 15.3. The molecule has 3 aromatic rings. The molecule has 132 valence electrons. The summed E-state index contributed by atoms with van der Waals surface area (Å²) in [6.45, 7) is 10.8. The first-order valence-corrected chi connectivity index (χ1v) is 8.99. The Labute approximate surface area is 148 Å². The quantitative estimate of drug-likeness (QED) is 0.797. The summed E-state index contributed by atoms with van der Waals surface area (Å²) in [5.41, 5.74) is 5.67. The minimum atomic E-state index is 0.351. The van der Waals surface area contributed by atoms with Crippen LogP contribution in [0.1, 0.15) is 25.5 Å². The van der Waals surface area contributed by atoms with Gasteiger partial charge in [0.1, 0.15) is 5.82 Å². The minimum Gasteiger partial charge on any atom is -0.369 e. The van der Waals surface area contributed by atoms with Crippen LogP contribution in [0.5, 0.6) is 0 Å². The molecule has 0 amide bonds. The van der Waals surface area contributed by atoms with Gasteiger partial charge in [-0.05, 0) is 45.5 Å².